The molecule has 7 unspecified atom stereocenters. The molecule has 0 radical (unpaired) electrons. The molecule has 2 bridgehead atoms. The molecule has 4 fully saturated rings. The number of esters is 3. The Labute approximate surface area is 179 Å². The fraction of sp³-hybridized carbons (Fsp3) is 0.864. The third-order valence-corrected chi connectivity index (χ3v) is 8.32. The molecule has 31 heavy (non-hydrogen) atoms. The first-order valence-electron chi connectivity index (χ1n) is 11.2. The van der Waals surface area contributed by atoms with Crippen molar-refractivity contribution in [1.29, 1.82) is 0 Å². The summed E-state index contributed by atoms with van der Waals surface area (Å²) in [5.41, 5.74) is -3.22. The highest BCUT2D eigenvalue weighted by molar-refractivity contribution is 5.86. The SMILES string of the molecule is CCC1(OC(=O)C2C3CC4C(OC(=O)C42)C3OC(=O)C(C)(CC)C(F)(F)F)CCCC1. The van der Waals surface area contributed by atoms with Gasteiger partial charge in [-0.1, -0.05) is 13.8 Å². The van der Waals surface area contributed by atoms with Gasteiger partial charge in [0.15, 0.2) is 5.41 Å². The van der Waals surface area contributed by atoms with E-state index in [1.54, 1.807) is 0 Å². The van der Waals surface area contributed by atoms with Crippen LogP contribution in [0.25, 0.3) is 0 Å². The fourth-order valence-corrected chi connectivity index (χ4v) is 6.01. The van der Waals surface area contributed by atoms with Gasteiger partial charge in [0.1, 0.15) is 17.8 Å². The summed E-state index contributed by atoms with van der Waals surface area (Å²) in [5, 5.41) is 0. The number of alkyl halides is 3. The van der Waals surface area contributed by atoms with Crippen LogP contribution in [0.4, 0.5) is 13.2 Å². The number of ether oxygens (including phenoxy) is 3. The Morgan fingerprint density at radius 1 is 1.16 bits per heavy atom. The van der Waals surface area contributed by atoms with E-state index in [1.165, 1.54) is 6.92 Å². The van der Waals surface area contributed by atoms with Gasteiger partial charge in [0.25, 0.3) is 0 Å². The number of hydrogen-bond acceptors (Lipinski definition) is 6. The van der Waals surface area contributed by atoms with E-state index in [4.69, 9.17) is 14.2 Å². The van der Waals surface area contributed by atoms with Crippen LogP contribution in [-0.2, 0) is 28.6 Å². The van der Waals surface area contributed by atoms with Crippen LogP contribution in [0.3, 0.4) is 0 Å². The minimum atomic E-state index is -4.78. The number of carbonyl (C=O) groups excluding carboxylic acids is 3. The lowest BCUT2D eigenvalue weighted by molar-refractivity contribution is -0.237. The third kappa shape index (κ3) is 3.25. The molecule has 1 heterocycles. The maximum atomic E-state index is 13.5. The highest BCUT2D eigenvalue weighted by Gasteiger charge is 2.71. The summed E-state index contributed by atoms with van der Waals surface area (Å²) in [5.74, 6) is -4.91. The van der Waals surface area contributed by atoms with Gasteiger partial charge in [0, 0.05) is 11.8 Å². The molecule has 6 nitrogen and oxygen atoms in total. The molecular formula is C22H29F3O6. The lowest BCUT2D eigenvalue weighted by Gasteiger charge is -2.36. The highest BCUT2D eigenvalue weighted by atomic mass is 19.4. The van der Waals surface area contributed by atoms with Crippen molar-refractivity contribution in [2.24, 2.45) is 29.1 Å². The average Bonchev–Trinajstić information content (AvgIpc) is 3.44. The van der Waals surface area contributed by atoms with Crippen molar-refractivity contribution >= 4 is 17.9 Å². The molecule has 0 amide bonds. The lowest BCUT2D eigenvalue weighted by Crippen LogP contribution is -2.49. The van der Waals surface area contributed by atoms with Crippen LogP contribution < -0.4 is 0 Å². The summed E-state index contributed by atoms with van der Waals surface area (Å²) >= 11 is 0. The molecule has 0 aromatic heterocycles. The fourth-order valence-electron chi connectivity index (χ4n) is 6.01. The van der Waals surface area contributed by atoms with E-state index in [0.29, 0.717) is 12.8 Å². The number of halogens is 3. The quantitative estimate of drug-likeness (QED) is 0.454. The minimum Gasteiger partial charge on any atom is -0.459 e. The highest BCUT2D eigenvalue weighted by Crippen LogP contribution is 2.60. The Kier molecular flexibility index (Phi) is 5.33. The molecule has 0 aromatic carbocycles. The summed E-state index contributed by atoms with van der Waals surface area (Å²) in [6.45, 7) is 4.03. The Hall–Kier alpha value is -1.80. The number of rotatable bonds is 6. The van der Waals surface area contributed by atoms with Crippen LogP contribution in [0.2, 0.25) is 0 Å². The van der Waals surface area contributed by atoms with E-state index in [2.05, 4.69) is 0 Å². The molecule has 4 aliphatic rings. The van der Waals surface area contributed by atoms with Crippen molar-refractivity contribution in [3.8, 4) is 0 Å². The van der Waals surface area contributed by atoms with Crippen molar-refractivity contribution in [2.45, 2.75) is 89.7 Å². The standard InChI is InChI=1S/C22H29F3O6/c1-4-20(3,22(23,24)25)19(28)30-16-12-10-11-13(17(26)29-15(11)16)14(12)18(27)31-21(5-2)8-6-7-9-21/h11-16H,4-10H2,1-3H3. The van der Waals surface area contributed by atoms with Gasteiger partial charge in [-0.25, -0.2) is 0 Å². The van der Waals surface area contributed by atoms with E-state index in [1.807, 2.05) is 6.92 Å². The summed E-state index contributed by atoms with van der Waals surface area (Å²) < 4.78 is 57.2. The second-order valence-corrected chi connectivity index (χ2v) is 9.73. The molecule has 3 aliphatic carbocycles. The summed E-state index contributed by atoms with van der Waals surface area (Å²) in [6, 6.07) is 0. The average molecular weight is 446 g/mol. The molecule has 0 aromatic rings. The predicted octanol–water partition coefficient (Wildman–Crippen LogP) is 3.95. The van der Waals surface area contributed by atoms with Gasteiger partial charge in [-0.05, 0) is 51.9 Å². The second-order valence-electron chi connectivity index (χ2n) is 9.73. The van der Waals surface area contributed by atoms with Crippen LogP contribution in [0.1, 0.15) is 65.7 Å². The van der Waals surface area contributed by atoms with Crippen LogP contribution in [0, 0.1) is 29.1 Å². The van der Waals surface area contributed by atoms with Gasteiger partial charge in [0.2, 0.25) is 0 Å². The van der Waals surface area contributed by atoms with Crippen LogP contribution in [-0.4, -0.2) is 41.9 Å². The van der Waals surface area contributed by atoms with Crippen LogP contribution >= 0.6 is 0 Å². The molecule has 7 atom stereocenters. The number of hydrogen-bond donors (Lipinski definition) is 0. The normalized spacial score (nSPS) is 37.4. The van der Waals surface area contributed by atoms with E-state index in [-0.39, 0.29) is 5.92 Å². The molecule has 4 rings (SSSR count). The van der Waals surface area contributed by atoms with Crippen molar-refractivity contribution in [3.63, 3.8) is 0 Å². The molecule has 1 aliphatic heterocycles. The molecule has 174 valence electrons. The van der Waals surface area contributed by atoms with Gasteiger partial charge in [-0.3, -0.25) is 14.4 Å². The van der Waals surface area contributed by atoms with Crippen LogP contribution in [0.5, 0.6) is 0 Å². The second kappa shape index (κ2) is 7.37. The molecule has 1 saturated heterocycles. The van der Waals surface area contributed by atoms with Gasteiger partial charge < -0.3 is 14.2 Å². The minimum absolute atomic E-state index is 0.340. The van der Waals surface area contributed by atoms with Gasteiger partial charge in [0.05, 0.1) is 11.8 Å². The van der Waals surface area contributed by atoms with Gasteiger partial charge >= 0.3 is 24.1 Å². The Morgan fingerprint density at radius 2 is 1.81 bits per heavy atom. The maximum absolute atomic E-state index is 13.5. The van der Waals surface area contributed by atoms with Crippen molar-refractivity contribution in [3.05, 3.63) is 0 Å². The number of carbonyl (C=O) groups is 3. The molecular weight excluding hydrogens is 417 g/mol. The largest absolute Gasteiger partial charge is 0.459 e. The smallest absolute Gasteiger partial charge is 0.404 e. The summed E-state index contributed by atoms with van der Waals surface area (Å²) in [7, 11) is 0. The van der Waals surface area contributed by atoms with E-state index in [9.17, 15) is 27.6 Å². The van der Waals surface area contributed by atoms with E-state index in [0.717, 1.165) is 32.6 Å². The molecule has 3 saturated carbocycles. The maximum Gasteiger partial charge on any atom is 0.404 e. The Bertz CT molecular complexity index is 774. The zero-order valence-corrected chi connectivity index (χ0v) is 18.0. The van der Waals surface area contributed by atoms with Crippen molar-refractivity contribution in [1.82, 2.24) is 0 Å². The lowest BCUT2D eigenvalue weighted by atomic mass is 9.78. The molecule has 0 spiro atoms. The van der Waals surface area contributed by atoms with Crippen molar-refractivity contribution < 1.29 is 41.8 Å². The Balaban J connectivity index is 1.56. The molecule has 9 heteroatoms. The van der Waals surface area contributed by atoms with E-state index >= 15 is 0 Å². The zero-order valence-electron chi connectivity index (χ0n) is 18.0. The van der Waals surface area contributed by atoms with Gasteiger partial charge in [-0.2, -0.15) is 13.2 Å². The first kappa shape index (κ1) is 22.4. The van der Waals surface area contributed by atoms with E-state index < -0.39 is 71.5 Å². The topological polar surface area (TPSA) is 78.9 Å². The Morgan fingerprint density at radius 3 is 2.35 bits per heavy atom. The predicted molar refractivity (Wildman–Crippen MR) is 100 cm³/mol. The first-order chi connectivity index (χ1) is 14.5. The third-order valence-electron chi connectivity index (χ3n) is 8.32. The van der Waals surface area contributed by atoms with Crippen LogP contribution in [0.15, 0.2) is 0 Å². The number of fused-ring (bicyclic) bond motifs is 1. The zero-order chi connectivity index (χ0) is 22.8. The summed E-state index contributed by atoms with van der Waals surface area (Å²) in [6.07, 6.45) is -2.63. The first-order valence-corrected chi connectivity index (χ1v) is 11.2. The van der Waals surface area contributed by atoms with Crippen molar-refractivity contribution in [2.75, 3.05) is 0 Å². The van der Waals surface area contributed by atoms with Gasteiger partial charge in [-0.15, -0.1) is 0 Å². The monoisotopic (exact) mass is 446 g/mol. The molecule has 0 N–H and O–H groups in total. The summed E-state index contributed by atoms with van der Waals surface area (Å²) in [4.78, 5) is 38.3.